The topological polar surface area (TPSA) is 87.4 Å². The zero-order valence-corrected chi connectivity index (χ0v) is 17.5. The number of fused-ring (bicyclic) bond motifs is 1. The molecular weight excluding hydrogens is 404 g/mol. The second kappa shape index (κ2) is 8.03. The monoisotopic (exact) mass is 424 g/mol. The predicted molar refractivity (Wildman–Crippen MR) is 117 cm³/mol. The first-order chi connectivity index (χ1) is 14.5. The van der Waals surface area contributed by atoms with Crippen LogP contribution in [0.25, 0.3) is 16.0 Å². The van der Waals surface area contributed by atoms with Gasteiger partial charge in [0, 0.05) is 13.6 Å². The Morgan fingerprint density at radius 1 is 0.967 bits per heavy atom. The molecule has 0 saturated heterocycles. The third kappa shape index (κ3) is 3.55. The number of ether oxygens (including phenoxy) is 2. The minimum absolute atomic E-state index is 0.358. The molecule has 0 amide bonds. The molecule has 2 aromatic carbocycles. The highest BCUT2D eigenvalue weighted by Gasteiger charge is 2.17. The highest BCUT2D eigenvalue weighted by atomic mass is 32.1. The Kier molecular flexibility index (Phi) is 5.28. The fourth-order valence-electron chi connectivity index (χ4n) is 3.06. The van der Waals surface area contributed by atoms with Crippen LogP contribution in [-0.2, 0) is 13.6 Å². The number of rotatable bonds is 6. The van der Waals surface area contributed by atoms with Gasteiger partial charge in [-0.1, -0.05) is 23.5 Å². The Morgan fingerprint density at radius 3 is 2.17 bits per heavy atom. The molecule has 2 aromatic heterocycles. The summed E-state index contributed by atoms with van der Waals surface area (Å²) in [5.41, 5.74) is 1.03. The molecule has 0 fully saturated rings. The van der Waals surface area contributed by atoms with Crippen LogP contribution < -0.4 is 26.0 Å². The highest BCUT2D eigenvalue weighted by molar-refractivity contribution is 7.22. The summed E-state index contributed by atoms with van der Waals surface area (Å²) in [5, 5.41) is 3.79. The molecule has 0 spiro atoms. The first-order valence-corrected chi connectivity index (χ1v) is 9.97. The molecule has 0 unspecified atom stereocenters. The Balaban J connectivity index is 1.69. The molecule has 4 rings (SSSR count). The van der Waals surface area contributed by atoms with E-state index in [2.05, 4.69) is 10.3 Å². The molecule has 1 N–H and O–H groups in total. The van der Waals surface area contributed by atoms with Crippen molar-refractivity contribution in [3.05, 3.63) is 74.9 Å². The van der Waals surface area contributed by atoms with Gasteiger partial charge in [0.1, 0.15) is 16.2 Å². The fraction of sp³-hybridized carbons (Fsp3) is 0.190. The first-order valence-electron chi connectivity index (χ1n) is 9.15. The third-order valence-electron chi connectivity index (χ3n) is 4.74. The average Bonchev–Trinajstić information content (AvgIpc) is 3.22. The highest BCUT2D eigenvalue weighted by Crippen LogP contribution is 2.23. The lowest BCUT2D eigenvalue weighted by Gasteiger charge is -2.08. The summed E-state index contributed by atoms with van der Waals surface area (Å²) >= 11 is 1.23. The molecule has 0 aliphatic rings. The van der Waals surface area contributed by atoms with Gasteiger partial charge < -0.3 is 14.8 Å². The van der Waals surface area contributed by atoms with Crippen molar-refractivity contribution < 1.29 is 9.47 Å². The number of aryl methyl sites for hydroxylation is 1. The molecule has 30 heavy (non-hydrogen) atoms. The van der Waals surface area contributed by atoms with E-state index in [9.17, 15) is 9.59 Å². The lowest BCUT2D eigenvalue weighted by Crippen LogP contribution is -2.37. The zero-order valence-electron chi connectivity index (χ0n) is 16.7. The van der Waals surface area contributed by atoms with Crippen molar-refractivity contribution in [2.24, 2.45) is 7.05 Å². The summed E-state index contributed by atoms with van der Waals surface area (Å²) in [5.74, 6) is 1.43. The van der Waals surface area contributed by atoms with Crippen molar-refractivity contribution in [2.75, 3.05) is 19.5 Å². The number of thiazole rings is 1. The van der Waals surface area contributed by atoms with E-state index >= 15 is 0 Å². The Hall–Kier alpha value is -3.59. The molecule has 9 heteroatoms. The summed E-state index contributed by atoms with van der Waals surface area (Å²) in [4.78, 5) is 30.4. The number of methoxy groups -OCH3 is 2. The lowest BCUT2D eigenvalue weighted by atomic mass is 10.2. The fourth-order valence-corrected chi connectivity index (χ4v) is 3.99. The molecule has 154 valence electrons. The second-order valence-corrected chi connectivity index (χ2v) is 7.55. The van der Waals surface area contributed by atoms with Crippen molar-refractivity contribution in [1.29, 1.82) is 0 Å². The largest absolute Gasteiger partial charge is 0.497 e. The molecule has 0 atom stereocenters. The maximum atomic E-state index is 13.1. The van der Waals surface area contributed by atoms with E-state index in [1.54, 1.807) is 45.5 Å². The molecular formula is C21H20N4O4S. The number of nitrogens with one attached hydrogen (secondary N) is 1. The third-order valence-corrected chi connectivity index (χ3v) is 5.73. The maximum Gasteiger partial charge on any atom is 0.337 e. The average molecular weight is 424 g/mol. The minimum Gasteiger partial charge on any atom is -0.497 e. The standard InChI is InChI=1S/C21H20N4O4S/c1-24-18-17(19(26)25(21(24)27)14-6-10-16(29-3)11-7-14)30-20(23-18)22-12-13-4-8-15(28-2)9-5-13/h4-11H,12H2,1-3H3,(H,22,23). The van der Waals surface area contributed by atoms with Gasteiger partial charge >= 0.3 is 5.69 Å². The van der Waals surface area contributed by atoms with E-state index < -0.39 is 11.2 Å². The van der Waals surface area contributed by atoms with Crippen molar-refractivity contribution in [3.63, 3.8) is 0 Å². The number of anilines is 1. The van der Waals surface area contributed by atoms with E-state index in [0.717, 1.165) is 15.9 Å². The van der Waals surface area contributed by atoms with Gasteiger partial charge in [0.25, 0.3) is 5.56 Å². The van der Waals surface area contributed by atoms with Crippen molar-refractivity contribution in [1.82, 2.24) is 14.1 Å². The van der Waals surface area contributed by atoms with Gasteiger partial charge in [0.15, 0.2) is 10.8 Å². The first kappa shape index (κ1) is 19.7. The van der Waals surface area contributed by atoms with Crippen LogP contribution in [0.4, 0.5) is 5.13 Å². The molecule has 0 saturated carbocycles. The van der Waals surface area contributed by atoms with E-state index in [1.165, 1.54) is 15.9 Å². The molecule has 2 heterocycles. The molecule has 0 radical (unpaired) electrons. The van der Waals surface area contributed by atoms with Crippen LogP contribution in [0.2, 0.25) is 0 Å². The van der Waals surface area contributed by atoms with E-state index in [1.807, 2.05) is 24.3 Å². The van der Waals surface area contributed by atoms with Gasteiger partial charge in [0.2, 0.25) is 0 Å². The summed E-state index contributed by atoms with van der Waals surface area (Å²) in [7, 11) is 4.79. The van der Waals surface area contributed by atoms with Gasteiger partial charge in [-0.3, -0.25) is 9.36 Å². The maximum absolute atomic E-state index is 13.1. The summed E-state index contributed by atoms with van der Waals surface area (Å²) in [6, 6.07) is 14.4. The normalized spacial score (nSPS) is 10.9. The van der Waals surface area contributed by atoms with Crippen LogP contribution >= 0.6 is 11.3 Å². The van der Waals surface area contributed by atoms with Crippen LogP contribution in [0.1, 0.15) is 5.56 Å². The Bertz CT molecular complexity index is 1300. The van der Waals surface area contributed by atoms with E-state index in [0.29, 0.717) is 33.5 Å². The van der Waals surface area contributed by atoms with Crippen LogP contribution in [0.15, 0.2) is 58.1 Å². The summed E-state index contributed by atoms with van der Waals surface area (Å²) in [6.45, 7) is 0.532. The SMILES string of the molecule is COc1ccc(CNc2nc3c(s2)c(=O)n(-c2ccc(OC)cc2)c(=O)n3C)cc1. The van der Waals surface area contributed by atoms with E-state index in [4.69, 9.17) is 9.47 Å². The number of aromatic nitrogens is 3. The Morgan fingerprint density at radius 2 is 1.57 bits per heavy atom. The lowest BCUT2D eigenvalue weighted by molar-refractivity contribution is 0.414. The quantitative estimate of drug-likeness (QED) is 0.512. The van der Waals surface area contributed by atoms with Crippen LogP contribution in [-0.4, -0.2) is 28.3 Å². The minimum atomic E-state index is -0.454. The molecule has 0 aliphatic carbocycles. The Labute approximate surface area is 176 Å². The second-order valence-electron chi connectivity index (χ2n) is 6.55. The van der Waals surface area contributed by atoms with Gasteiger partial charge in [-0.15, -0.1) is 0 Å². The summed E-state index contributed by atoms with van der Waals surface area (Å²) < 4.78 is 13.2. The van der Waals surface area contributed by atoms with E-state index in [-0.39, 0.29) is 0 Å². The van der Waals surface area contributed by atoms with Crippen molar-refractivity contribution in [2.45, 2.75) is 6.54 Å². The van der Waals surface area contributed by atoms with Gasteiger partial charge in [-0.05, 0) is 42.0 Å². The summed E-state index contributed by atoms with van der Waals surface area (Å²) in [6.07, 6.45) is 0. The van der Waals surface area contributed by atoms with Crippen LogP contribution in [0.5, 0.6) is 11.5 Å². The predicted octanol–water partition coefficient (Wildman–Crippen LogP) is 2.78. The van der Waals surface area contributed by atoms with Crippen LogP contribution in [0.3, 0.4) is 0 Å². The number of hydrogen-bond acceptors (Lipinski definition) is 7. The molecule has 8 nitrogen and oxygen atoms in total. The smallest absolute Gasteiger partial charge is 0.337 e. The van der Waals surface area contributed by atoms with Gasteiger partial charge in [-0.2, -0.15) is 0 Å². The van der Waals surface area contributed by atoms with Crippen LogP contribution in [0, 0.1) is 0 Å². The number of benzene rings is 2. The van der Waals surface area contributed by atoms with Crippen molar-refractivity contribution in [3.8, 4) is 17.2 Å². The zero-order chi connectivity index (χ0) is 21.3. The van der Waals surface area contributed by atoms with Crippen molar-refractivity contribution >= 4 is 26.8 Å². The van der Waals surface area contributed by atoms with Gasteiger partial charge in [0.05, 0.1) is 19.9 Å². The number of nitrogens with zero attached hydrogens (tertiary/aromatic N) is 3. The molecule has 0 bridgehead atoms. The molecule has 4 aromatic rings. The number of hydrogen-bond donors (Lipinski definition) is 1. The van der Waals surface area contributed by atoms with Gasteiger partial charge in [-0.25, -0.2) is 14.3 Å². The molecule has 0 aliphatic heterocycles.